The van der Waals surface area contributed by atoms with Gasteiger partial charge in [-0.05, 0) is 32.1 Å². The maximum atomic E-state index is 12.7. The predicted octanol–water partition coefficient (Wildman–Crippen LogP) is 1.32. The van der Waals surface area contributed by atoms with Gasteiger partial charge in [0.1, 0.15) is 12.1 Å². The summed E-state index contributed by atoms with van der Waals surface area (Å²) in [5.41, 5.74) is -0.303. The number of piperazine rings is 1. The van der Waals surface area contributed by atoms with E-state index in [2.05, 4.69) is 5.32 Å². The lowest BCUT2D eigenvalue weighted by molar-refractivity contribution is -0.154. The van der Waals surface area contributed by atoms with E-state index in [4.69, 9.17) is 4.74 Å². The lowest BCUT2D eigenvalue weighted by atomic mass is 9.94. The lowest BCUT2D eigenvalue weighted by Gasteiger charge is -2.43. The Morgan fingerprint density at radius 3 is 2.65 bits per heavy atom. The van der Waals surface area contributed by atoms with Crippen LogP contribution < -0.4 is 5.32 Å². The molecular formula is C15H26N2O3. The summed E-state index contributed by atoms with van der Waals surface area (Å²) < 4.78 is 5.79. The average Bonchev–Trinajstić information content (AvgIpc) is 2.80. The van der Waals surface area contributed by atoms with E-state index in [0.717, 1.165) is 19.4 Å². The van der Waals surface area contributed by atoms with Crippen molar-refractivity contribution in [1.29, 1.82) is 0 Å². The van der Waals surface area contributed by atoms with Gasteiger partial charge in [0, 0.05) is 6.61 Å². The van der Waals surface area contributed by atoms with E-state index < -0.39 is 6.04 Å². The van der Waals surface area contributed by atoms with Crippen LogP contribution >= 0.6 is 0 Å². The highest BCUT2D eigenvalue weighted by Crippen LogP contribution is 2.29. The Morgan fingerprint density at radius 1 is 1.45 bits per heavy atom. The summed E-state index contributed by atoms with van der Waals surface area (Å²) in [6.07, 6.45) is 2.61. The Labute approximate surface area is 121 Å². The van der Waals surface area contributed by atoms with Crippen LogP contribution in [0.4, 0.5) is 0 Å². The number of hydrogen-bond donors (Lipinski definition) is 1. The zero-order chi connectivity index (χ0) is 14.9. The molecule has 0 saturated carbocycles. The molecule has 5 heteroatoms. The Hall–Kier alpha value is -1.10. The van der Waals surface area contributed by atoms with Crippen molar-refractivity contribution in [3.63, 3.8) is 0 Å². The van der Waals surface area contributed by atoms with E-state index in [-0.39, 0.29) is 29.4 Å². The van der Waals surface area contributed by atoms with Crippen LogP contribution in [0.3, 0.4) is 0 Å². The van der Waals surface area contributed by atoms with E-state index in [1.165, 1.54) is 0 Å². The molecule has 2 amide bonds. The normalized spacial score (nSPS) is 34.8. The van der Waals surface area contributed by atoms with Gasteiger partial charge in [0.15, 0.2) is 0 Å². The number of carbonyl (C=O) groups is 2. The Morgan fingerprint density at radius 2 is 2.15 bits per heavy atom. The molecule has 20 heavy (non-hydrogen) atoms. The Balaban J connectivity index is 2.20. The van der Waals surface area contributed by atoms with Crippen molar-refractivity contribution in [1.82, 2.24) is 10.2 Å². The molecule has 0 spiro atoms. The summed E-state index contributed by atoms with van der Waals surface area (Å²) in [5, 5.41) is 2.86. The maximum absolute atomic E-state index is 12.7. The second-order valence-electron chi connectivity index (χ2n) is 6.52. The highest BCUT2D eigenvalue weighted by molar-refractivity contribution is 5.97. The number of hydrogen-bond acceptors (Lipinski definition) is 3. The summed E-state index contributed by atoms with van der Waals surface area (Å²) >= 11 is 0. The summed E-state index contributed by atoms with van der Waals surface area (Å²) in [5.74, 6) is 0.0969. The fourth-order valence-corrected chi connectivity index (χ4v) is 3.15. The molecule has 2 aliphatic rings. The molecule has 1 N–H and O–H groups in total. The third kappa shape index (κ3) is 2.82. The Bertz CT molecular complexity index is 389. The topological polar surface area (TPSA) is 58.6 Å². The SMILES string of the molecule is CCC1C(=O)NC(C(C)C)C(=O)N1CC1(C)CCCO1. The zero-order valence-electron chi connectivity index (χ0n) is 12.9. The molecule has 0 aromatic carbocycles. The van der Waals surface area contributed by atoms with Gasteiger partial charge in [-0.3, -0.25) is 9.59 Å². The van der Waals surface area contributed by atoms with Crippen molar-refractivity contribution in [3.05, 3.63) is 0 Å². The third-order valence-corrected chi connectivity index (χ3v) is 4.38. The molecule has 3 atom stereocenters. The van der Waals surface area contributed by atoms with Crippen molar-refractivity contribution in [3.8, 4) is 0 Å². The van der Waals surface area contributed by atoms with Crippen molar-refractivity contribution in [2.24, 2.45) is 5.92 Å². The molecule has 2 fully saturated rings. The number of ether oxygens (including phenoxy) is 1. The van der Waals surface area contributed by atoms with Crippen LogP contribution in [0.25, 0.3) is 0 Å². The van der Waals surface area contributed by atoms with Gasteiger partial charge in [0.2, 0.25) is 11.8 Å². The van der Waals surface area contributed by atoms with E-state index in [9.17, 15) is 9.59 Å². The van der Waals surface area contributed by atoms with Gasteiger partial charge in [-0.2, -0.15) is 0 Å². The van der Waals surface area contributed by atoms with Gasteiger partial charge in [0.25, 0.3) is 0 Å². The highest BCUT2D eigenvalue weighted by atomic mass is 16.5. The van der Waals surface area contributed by atoms with E-state index in [1.54, 1.807) is 4.90 Å². The summed E-state index contributed by atoms with van der Waals surface area (Å²) in [4.78, 5) is 26.6. The van der Waals surface area contributed by atoms with E-state index >= 15 is 0 Å². The molecule has 3 unspecified atom stereocenters. The van der Waals surface area contributed by atoms with Crippen molar-refractivity contribution >= 4 is 11.8 Å². The minimum Gasteiger partial charge on any atom is -0.373 e. The third-order valence-electron chi connectivity index (χ3n) is 4.38. The molecule has 2 rings (SSSR count). The highest BCUT2D eigenvalue weighted by Gasteiger charge is 2.44. The molecule has 5 nitrogen and oxygen atoms in total. The maximum Gasteiger partial charge on any atom is 0.246 e. The molecule has 0 bridgehead atoms. The first-order valence-electron chi connectivity index (χ1n) is 7.63. The monoisotopic (exact) mass is 282 g/mol. The van der Waals surface area contributed by atoms with Gasteiger partial charge in [-0.25, -0.2) is 0 Å². The first kappa shape index (κ1) is 15.3. The fourth-order valence-electron chi connectivity index (χ4n) is 3.15. The fraction of sp³-hybridized carbons (Fsp3) is 0.867. The molecule has 0 aromatic heterocycles. The number of amides is 2. The van der Waals surface area contributed by atoms with Crippen LogP contribution in [0.2, 0.25) is 0 Å². The van der Waals surface area contributed by atoms with Gasteiger partial charge >= 0.3 is 0 Å². The predicted molar refractivity (Wildman–Crippen MR) is 76.2 cm³/mol. The van der Waals surface area contributed by atoms with Gasteiger partial charge in [-0.15, -0.1) is 0 Å². The molecule has 2 saturated heterocycles. The number of nitrogens with zero attached hydrogens (tertiary/aromatic N) is 1. The second kappa shape index (κ2) is 5.72. The largest absolute Gasteiger partial charge is 0.373 e. The number of rotatable bonds is 4. The van der Waals surface area contributed by atoms with Crippen LogP contribution in [0.5, 0.6) is 0 Å². The first-order valence-corrected chi connectivity index (χ1v) is 7.63. The van der Waals surface area contributed by atoms with Crippen LogP contribution in [-0.4, -0.2) is 47.6 Å². The van der Waals surface area contributed by atoms with Crippen molar-refractivity contribution in [2.75, 3.05) is 13.2 Å². The van der Waals surface area contributed by atoms with Crippen LogP contribution in [0.15, 0.2) is 0 Å². The molecule has 114 valence electrons. The minimum atomic E-state index is -0.407. The lowest BCUT2D eigenvalue weighted by Crippen LogP contribution is -2.66. The van der Waals surface area contributed by atoms with Gasteiger partial charge in [-0.1, -0.05) is 20.8 Å². The smallest absolute Gasteiger partial charge is 0.246 e. The molecule has 0 aromatic rings. The van der Waals surface area contributed by atoms with E-state index in [0.29, 0.717) is 13.0 Å². The molecule has 2 aliphatic heterocycles. The summed E-state index contributed by atoms with van der Waals surface area (Å²) in [6, 6.07) is -0.770. The van der Waals surface area contributed by atoms with Crippen LogP contribution in [0.1, 0.15) is 47.0 Å². The van der Waals surface area contributed by atoms with Gasteiger partial charge < -0.3 is 15.0 Å². The van der Waals surface area contributed by atoms with Crippen molar-refractivity contribution in [2.45, 2.75) is 64.6 Å². The van der Waals surface area contributed by atoms with Crippen LogP contribution in [0, 0.1) is 5.92 Å². The van der Waals surface area contributed by atoms with E-state index in [1.807, 2.05) is 27.7 Å². The quantitative estimate of drug-likeness (QED) is 0.846. The summed E-state index contributed by atoms with van der Waals surface area (Å²) in [7, 11) is 0. The average molecular weight is 282 g/mol. The van der Waals surface area contributed by atoms with Crippen LogP contribution in [-0.2, 0) is 14.3 Å². The van der Waals surface area contributed by atoms with Crippen molar-refractivity contribution < 1.29 is 14.3 Å². The molecule has 0 aliphatic carbocycles. The number of nitrogens with one attached hydrogen (secondary N) is 1. The minimum absolute atomic E-state index is 0.0307. The molecule has 2 heterocycles. The zero-order valence-corrected chi connectivity index (χ0v) is 12.9. The standard InChI is InChI=1S/C15H26N2O3/c1-5-11-13(18)16-12(10(2)3)14(19)17(11)9-15(4)7-6-8-20-15/h10-12H,5-9H2,1-4H3,(H,16,18). The number of carbonyl (C=O) groups excluding carboxylic acids is 2. The van der Waals surface area contributed by atoms with Gasteiger partial charge in [0.05, 0.1) is 12.1 Å². The molecular weight excluding hydrogens is 256 g/mol. The summed E-state index contributed by atoms with van der Waals surface area (Å²) in [6.45, 7) is 9.16. The first-order chi connectivity index (χ1) is 9.38. The Kier molecular flexibility index (Phi) is 4.37. The second-order valence-corrected chi connectivity index (χ2v) is 6.52. The molecule has 0 radical (unpaired) electrons.